The van der Waals surface area contributed by atoms with E-state index >= 15 is 0 Å². The van der Waals surface area contributed by atoms with Gasteiger partial charge < -0.3 is 14.7 Å². The van der Waals surface area contributed by atoms with Gasteiger partial charge in [0.1, 0.15) is 0 Å². The Labute approximate surface area is 173 Å². The minimum Gasteiger partial charge on any atom is -0.339 e. The van der Waals surface area contributed by atoms with Gasteiger partial charge >= 0.3 is 0 Å². The molecule has 29 heavy (non-hydrogen) atoms. The number of benzene rings is 2. The quantitative estimate of drug-likeness (QED) is 0.786. The first kappa shape index (κ1) is 21.1. The molecule has 0 saturated carbocycles. The standard InChI is InChI=1S/C12H16N2O.C12H15NO/c1-13-7-9-14(10-8-13)12(15)11-5-3-2-4-6-11;1-10-4-6-11(7-5-10)12(14)13-8-2-3-9-13/h2-6H,7-10H2,1H3;4-7H,2-3,8-9H2,1H3. The fraction of sp³-hybridized carbons (Fsp3) is 0.417. The second-order valence-corrected chi connectivity index (χ2v) is 7.83. The zero-order valence-corrected chi connectivity index (χ0v) is 17.5. The Hall–Kier alpha value is -2.66. The molecule has 0 aliphatic carbocycles. The van der Waals surface area contributed by atoms with Crippen LogP contribution in [-0.2, 0) is 0 Å². The van der Waals surface area contributed by atoms with Crippen molar-refractivity contribution in [3.8, 4) is 0 Å². The highest BCUT2D eigenvalue weighted by molar-refractivity contribution is 5.94. The van der Waals surface area contributed by atoms with Crippen molar-refractivity contribution in [2.75, 3.05) is 46.3 Å². The maximum absolute atomic E-state index is 12.0. The minimum atomic E-state index is 0.156. The number of aryl methyl sites for hydroxylation is 1. The lowest BCUT2D eigenvalue weighted by Gasteiger charge is -2.32. The Morgan fingerprint density at radius 2 is 1.14 bits per heavy atom. The summed E-state index contributed by atoms with van der Waals surface area (Å²) in [6.45, 7) is 7.50. The number of carbonyl (C=O) groups is 2. The van der Waals surface area contributed by atoms with Crippen molar-refractivity contribution in [3.05, 3.63) is 71.3 Å². The van der Waals surface area contributed by atoms with Gasteiger partial charge in [-0.25, -0.2) is 0 Å². The molecule has 0 bridgehead atoms. The van der Waals surface area contributed by atoms with Gasteiger partial charge in [0.25, 0.3) is 11.8 Å². The van der Waals surface area contributed by atoms with E-state index in [1.165, 1.54) is 5.56 Å². The average molecular weight is 394 g/mol. The van der Waals surface area contributed by atoms with E-state index in [4.69, 9.17) is 0 Å². The number of hydrogen-bond acceptors (Lipinski definition) is 3. The van der Waals surface area contributed by atoms with Gasteiger partial charge in [0, 0.05) is 50.4 Å². The zero-order chi connectivity index (χ0) is 20.6. The third kappa shape index (κ3) is 5.91. The van der Waals surface area contributed by atoms with E-state index in [9.17, 15) is 9.59 Å². The van der Waals surface area contributed by atoms with Crippen molar-refractivity contribution in [2.24, 2.45) is 0 Å². The maximum atomic E-state index is 12.0. The van der Waals surface area contributed by atoms with Gasteiger partial charge in [0.05, 0.1) is 0 Å². The van der Waals surface area contributed by atoms with Crippen LogP contribution in [-0.4, -0.2) is 72.8 Å². The average Bonchev–Trinajstić information content (AvgIpc) is 3.30. The largest absolute Gasteiger partial charge is 0.339 e. The summed E-state index contributed by atoms with van der Waals surface area (Å²) in [5.41, 5.74) is 2.81. The lowest BCUT2D eigenvalue weighted by Crippen LogP contribution is -2.47. The molecule has 0 N–H and O–H groups in total. The summed E-state index contributed by atoms with van der Waals surface area (Å²) in [6.07, 6.45) is 2.30. The Kier molecular flexibility index (Phi) is 7.42. The van der Waals surface area contributed by atoms with E-state index in [0.29, 0.717) is 0 Å². The second kappa shape index (κ2) is 10.2. The van der Waals surface area contributed by atoms with Crippen LogP contribution in [0.25, 0.3) is 0 Å². The van der Waals surface area contributed by atoms with E-state index in [1.54, 1.807) is 0 Å². The molecule has 0 atom stereocenters. The molecule has 0 aromatic heterocycles. The molecule has 0 spiro atoms. The molecule has 2 aromatic carbocycles. The second-order valence-electron chi connectivity index (χ2n) is 7.83. The third-order valence-corrected chi connectivity index (χ3v) is 5.50. The van der Waals surface area contributed by atoms with Crippen molar-refractivity contribution in [3.63, 3.8) is 0 Å². The molecule has 5 heteroatoms. The van der Waals surface area contributed by atoms with Crippen molar-refractivity contribution >= 4 is 11.8 Å². The molecule has 2 aliphatic heterocycles. The molecule has 2 amide bonds. The molecular formula is C24H31N3O2. The molecule has 2 saturated heterocycles. The molecule has 0 unspecified atom stereocenters. The van der Waals surface area contributed by atoms with Crippen molar-refractivity contribution in [2.45, 2.75) is 19.8 Å². The maximum Gasteiger partial charge on any atom is 0.253 e. The van der Waals surface area contributed by atoms with E-state index in [0.717, 1.165) is 63.2 Å². The summed E-state index contributed by atoms with van der Waals surface area (Å²) in [5.74, 6) is 0.339. The highest BCUT2D eigenvalue weighted by Gasteiger charge is 2.20. The predicted molar refractivity (Wildman–Crippen MR) is 116 cm³/mol. The van der Waals surface area contributed by atoms with Crippen molar-refractivity contribution in [1.29, 1.82) is 0 Å². The third-order valence-electron chi connectivity index (χ3n) is 5.50. The molecule has 2 heterocycles. The SMILES string of the molecule is CN1CCN(C(=O)c2ccccc2)CC1.Cc1ccc(C(=O)N2CCCC2)cc1. The molecular weight excluding hydrogens is 362 g/mol. The summed E-state index contributed by atoms with van der Waals surface area (Å²) < 4.78 is 0. The molecule has 2 aliphatic rings. The van der Waals surface area contributed by atoms with Crippen molar-refractivity contribution in [1.82, 2.24) is 14.7 Å². The Bertz CT molecular complexity index is 791. The fourth-order valence-corrected chi connectivity index (χ4v) is 3.57. The van der Waals surface area contributed by atoms with Crippen LogP contribution in [0.4, 0.5) is 0 Å². The number of nitrogens with zero attached hydrogens (tertiary/aromatic N) is 3. The first-order valence-corrected chi connectivity index (χ1v) is 10.4. The zero-order valence-electron chi connectivity index (χ0n) is 17.5. The number of hydrogen-bond donors (Lipinski definition) is 0. The van der Waals surface area contributed by atoms with Gasteiger partial charge in [0.15, 0.2) is 0 Å². The smallest absolute Gasteiger partial charge is 0.253 e. The number of carbonyl (C=O) groups excluding carboxylic acids is 2. The lowest BCUT2D eigenvalue weighted by atomic mass is 10.1. The predicted octanol–water partition coefficient (Wildman–Crippen LogP) is 3.31. The summed E-state index contributed by atoms with van der Waals surface area (Å²) in [7, 11) is 2.09. The van der Waals surface area contributed by atoms with Crippen LogP contribution in [0.1, 0.15) is 39.1 Å². The van der Waals surface area contributed by atoms with Crippen LogP contribution in [0.2, 0.25) is 0 Å². The van der Waals surface area contributed by atoms with Gasteiger partial charge in [-0.15, -0.1) is 0 Å². The van der Waals surface area contributed by atoms with Crippen LogP contribution in [0.3, 0.4) is 0 Å². The van der Waals surface area contributed by atoms with Crippen molar-refractivity contribution < 1.29 is 9.59 Å². The minimum absolute atomic E-state index is 0.156. The monoisotopic (exact) mass is 393 g/mol. The summed E-state index contributed by atoms with van der Waals surface area (Å²) in [5, 5.41) is 0. The molecule has 4 rings (SSSR count). The van der Waals surface area contributed by atoms with Gasteiger partial charge in [-0.05, 0) is 51.1 Å². The van der Waals surface area contributed by atoms with Gasteiger partial charge in [-0.3, -0.25) is 9.59 Å². The van der Waals surface area contributed by atoms with E-state index in [1.807, 2.05) is 71.3 Å². The van der Waals surface area contributed by atoms with Crippen LogP contribution in [0.15, 0.2) is 54.6 Å². The normalized spacial score (nSPS) is 16.9. The van der Waals surface area contributed by atoms with Crippen LogP contribution < -0.4 is 0 Å². The Morgan fingerprint density at radius 3 is 1.69 bits per heavy atom. The molecule has 2 aromatic rings. The first-order chi connectivity index (χ1) is 14.0. The molecule has 2 fully saturated rings. The van der Waals surface area contributed by atoms with Gasteiger partial charge in [-0.1, -0.05) is 35.9 Å². The van der Waals surface area contributed by atoms with E-state index < -0.39 is 0 Å². The number of amides is 2. The fourth-order valence-electron chi connectivity index (χ4n) is 3.57. The van der Waals surface area contributed by atoms with Crippen LogP contribution >= 0.6 is 0 Å². The first-order valence-electron chi connectivity index (χ1n) is 10.4. The molecule has 154 valence electrons. The van der Waals surface area contributed by atoms with E-state index in [2.05, 4.69) is 11.9 Å². The number of likely N-dealkylation sites (tertiary alicyclic amines) is 1. The van der Waals surface area contributed by atoms with Gasteiger partial charge in [-0.2, -0.15) is 0 Å². The number of rotatable bonds is 2. The van der Waals surface area contributed by atoms with E-state index in [-0.39, 0.29) is 11.8 Å². The number of likely N-dealkylation sites (N-methyl/N-ethyl adjacent to an activating group) is 1. The summed E-state index contributed by atoms with van der Waals surface area (Å²) in [4.78, 5) is 30.0. The Morgan fingerprint density at radius 1 is 0.655 bits per heavy atom. The summed E-state index contributed by atoms with van der Waals surface area (Å²) in [6, 6.07) is 17.3. The van der Waals surface area contributed by atoms with Crippen LogP contribution in [0.5, 0.6) is 0 Å². The number of piperazine rings is 1. The summed E-state index contributed by atoms with van der Waals surface area (Å²) >= 11 is 0. The molecule has 0 radical (unpaired) electrons. The highest BCUT2D eigenvalue weighted by atomic mass is 16.2. The topological polar surface area (TPSA) is 43.9 Å². The van der Waals surface area contributed by atoms with Crippen LogP contribution in [0, 0.1) is 6.92 Å². The lowest BCUT2D eigenvalue weighted by molar-refractivity contribution is 0.0663. The highest BCUT2D eigenvalue weighted by Crippen LogP contribution is 2.13. The van der Waals surface area contributed by atoms with Gasteiger partial charge in [0.2, 0.25) is 0 Å². The Balaban J connectivity index is 0.000000166. The molecule has 5 nitrogen and oxygen atoms in total.